The molecule has 1 aliphatic rings. The van der Waals surface area contributed by atoms with Gasteiger partial charge < -0.3 is 15.4 Å². The minimum atomic E-state index is -4.11. The number of aryl methyl sites for hydroxylation is 1. The predicted octanol–water partition coefficient (Wildman–Crippen LogP) is 4.82. The lowest BCUT2D eigenvalue weighted by molar-refractivity contribution is 0.238. The van der Waals surface area contributed by atoms with E-state index in [4.69, 9.17) is 10.2 Å². The molecule has 2 aromatic carbocycles. The zero-order valence-corrected chi connectivity index (χ0v) is 22.1. The third-order valence-electron chi connectivity index (χ3n) is 5.60. The highest BCUT2D eigenvalue weighted by Gasteiger charge is 2.22. The maximum atomic E-state index is 12.9. The fraction of sp³-hybridized carbons (Fsp3) is 0.407. The zero-order valence-electron chi connectivity index (χ0n) is 25.3. The number of nitrogens with one attached hydrogen (secondary N) is 3. The van der Waals surface area contributed by atoms with Crippen LogP contribution in [0.4, 0.5) is 23.1 Å². The van der Waals surface area contributed by atoms with E-state index in [1.807, 2.05) is 31.2 Å². The first-order valence-corrected chi connectivity index (χ1v) is 13.6. The molecule has 0 saturated carbocycles. The molecule has 1 atom stereocenters. The van der Waals surface area contributed by atoms with Gasteiger partial charge in [0.2, 0.25) is 16.0 Å². The van der Waals surface area contributed by atoms with Gasteiger partial charge in [0.15, 0.2) is 0 Å². The van der Waals surface area contributed by atoms with E-state index in [1.54, 1.807) is 18.3 Å². The van der Waals surface area contributed by atoms with Gasteiger partial charge in [-0.05, 0) is 96.0 Å². The van der Waals surface area contributed by atoms with Crippen molar-refractivity contribution in [3.8, 4) is 5.75 Å². The first-order valence-electron chi connectivity index (χ1n) is 14.2. The molecule has 0 aliphatic carbocycles. The lowest BCUT2D eigenvalue weighted by Gasteiger charge is -2.20. The van der Waals surface area contributed by atoms with Crippen molar-refractivity contribution < 1.29 is 18.6 Å². The average Bonchev–Trinajstić information content (AvgIpc) is 3.44. The average molecular weight is 529 g/mol. The number of anilines is 4. The Morgan fingerprint density at radius 3 is 2.59 bits per heavy atom. The fourth-order valence-electron chi connectivity index (χ4n) is 3.83. The van der Waals surface area contributed by atoms with Crippen molar-refractivity contribution in [2.75, 3.05) is 36.9 Å². The molecule has 0 radical (unpaired) electrons. The van der Waals surface area contributed by atoms with Crippen LogP contribution in [0.25, 0.3) is 0 Å². The number of benzene rings is 2. The standard InChI is InChI=1S/C27H36N6O3S/c1-20-19-28-26(30-21-10-12-23(13-11-21)36-17-16-33-14-5-6-15-33)31-25(20)29-22-8-7-9-24(18-22)37(34,35)32-27(2,3)4/h7-13,18-19,32H,5-6,14-17H2,1-4H3,(H2,28,29,30,31)/i2D3,16D. The molecular weight excluding hydrogens is 488 g/mol. The summed E-state index contributed by atoms with van der Waals surface area (Å²) in [4.78, 5) is 10.9. The van der Waals surface area contributed by atoms with E-state index in [9.17, 15) is 8.42 Å². The van der Waals surface area contributed by atoms with Gasteiger partial charge in [0.1, 0.15) is 18.2 Å². The number of hydrogen-bond donors (Lipinski definition) is 3. The van der Waals surface area contributed by atoms with Crippen LogP contribution in [0.15, 0.2) is 59.6 Å². The molecule has 1 aliphatic heterocycles. The predicted molar refractivity (Wildman–Crippen MR) is 147 cm³/mol. The molecule has 198 valence electrons. The first-order chi connectivity index (χ1) is 19.2. The highest BCUT2D eigenvalue weighted by atomic mass is 32.2. The molecule has 0 amide bonds. The molecule has 2 heterocycles. The van der Waals surface area contributed by atoms with E-state index < -0.39 is 22.4 Å². The molecule has 1 unspecified atom stereocenters. The topological polar surface area (TPSA) is 108 Å². The van der Waals surface area contributed by atoms with Crippen molar-refractivity contribution in [1.82, 2.24) is 19.6 Å². The van der Waals surface area contributed by atoms with Gasteiger partial charge in [-0.3, -0.25) is 4.90 Å². The van der Waals surface area contributed by atoms with Crippen molar-refractivity contribution in [3.05, 3.63) is 60.3 Å². The van der Waals surface area contributed by atoms with Gasteiger partial charge in [-0.15, -0.1) is 0 Å². The van der Waals surface area contributed by atoms with Crippen molar-refractivity contribution >= 4 is 33.2 Å². The quantitative estimate of drug-likeness (QED) is 0.344. The van der Waals surface area contributed by atoms with Crippen LogP contribution in [0.1, 0.15) is 44.6 Å². The summed E-state index contributed by atoms with van der Waals surface area (Å²) < 4.78 is 65.1. The van der Waals surface area contributed by atoms with Crippen molar-refractivity contribution in [2.45, 2.75) is 50.9 Å². The monoisotopic (exact) mass is 528 g/mol. The molecule has 0 spiro atoms. The van der Waals surface area contributed by atoms with Crippen LogP contribution in [-0.2, 0) is 10.0 Å². The minimum Gasteiger partial charge on any atom is -0.492 e. The third-order valence-corrected chi connectivity index (χ3v) is 7.26. The van der Waals surface area contributed by atoms with E-state index >= 15 is 0 Å². The molecule has 10 heteroatoms. The summed E-state index contributed by atoms with van der Waals surface area (Å²) in [5, 5.41) is 6.27. The van der Waals surface area contributed by atoms with Crippen molar-refractivity contribution in [2.24, 2.45) is 0 Å². The summed E-state index contributed by atoms with van der Waals surface area (Å²) in [5.74, 6) is 1.47. The maximum absolute atomic E-state index is 12.9. The summed E-state index contributed by atoms with van der Waals surface area (Å²) in [6.07, 6.45) is 3.91. The molecule has 1 aromatic heterocycles. The van der Waals surface area contributed by atoms with Crippen LogP contribution in [0.2, 0.25) is 0 Å². The Bertz CT molecular complexity index is 1450. The van der Waals surface area contributed by atoms with Crippen molar-refractivity contribution in [1.29, 1.82) is 0 Å². The van der Waals surface area contributed by atoms with Gasteiger partial charge in [-0.2, -0.15) is 4.98 Å². The SMILES string of the molecule is [2H]C(COc1ccc(Nc2ncc(C)c(Nc3cccc(S(=O)(=O)NC(C)(C)C([2H])([2H])[2H])c3)n2)cc1)N1CCCC1. The number of likely N-dealkylation sites (tertiary alicyclic amines) is 1. The Morgan fingerprint density at radius 2 is 1.86 bits per heavy atom. The summed E-state index contributed by atoms with van der Waals surface area (Å²) in [6.45, 7) is 3.76. The second-order valence-electron chi connectivity index (χ2n) is 9.49. The normalized spacial score (nSPS) is 17.3. The van der Waals surface area contributed by atoms with Gasteiger partial charge in [0.25, 0.3) is 0 Å². The maximum Gasteiger partial charge on any atom is 0.241 e. The molecule has 1 fully saturated rings. The number of hydrogen-bond acceptors (Lipinski definition) is 8. The number of sulfonamides is 1. The molecule has 1 saturated heterocycles. The largest absolute Gasteiger partial charge is 0.492 e. The molecule has 4 rings (SSSR count). The molecular formula is C27H36N6O3S. The number of rotatable bonds is 10. The van der Waals surface area contributed by atoms with Crippen LogP contribution in [0.3, 0.4) is 0 Å². The van der Waals surface area contributed by atoms with E-state index in [2.05, 4.69) is 30.2 Å². The third kappa shape index (κ3) is 7.88. The zero-order chi connectivity index (χ0) is 29.8. The summed E-state index contributed by atoms with van der Waals surface area (Å²) >= 11 is 0. The highest BCUT2D eigenvalue weighted by Crippen LogP contribution is 2.24. The number of ether oxygens (including phenoxy) is 1. The Hall–Kier alpha value is -3.21. The number of aromatic nitrogens is 2. The summed E-state index contributed by atoms with van der Waals surface area (Å²) in [6, 6.07) is 13.4. The minimum absolute atomic E-state index is 0.0793. The van der Waals surface area contributed by atoms with Crippen LogP contribution in [0, 0.1) is 6.92 Å². The molecule has 37 heavy (non-hydrogen) atoms. The van der Waals surface area contributed by atoms with Gasteiger partial charge in [0.05, 0.1) is 4.90 Å². The molecule has 3 aromatic rings. The summed E-state index contributed by atoms with van der Waals surface area (Å²) in [7, 11) is -4.11. The smallest absolute Gasteiger partial charge is 0.241 e. The van der Waals surface area contributed by atoms with Crippen molar-refractivity contribution in [3.63, 3.8) is 0 Å². The fourth-order valence-corrected chi connectivity index (χ4v) is 5.16. The van der Waals surface area contributed by atoms with Crippen LogP contribution in [0.5, 0.6) is 5.75 Å². The second-order valence-corrected chi connectivity index (χ2v) is 11.2. The van der Waals surface area contributed by atoms with Crippen LogP contribution in [-0.4, -0.2) is 55.0 Å². The lowest BCUT2D eigenvalue weighted by atomic mass is 10.1. The van der Waals surface area contributed by atoms with Gasteiger partial charge in [-0.25, -0.2) is 18.1 Å². The van der Waals surface area contributed by atoms with E-state index in [1.165, 1.54) is 26.0 Å². The first kappa shape index (κ1) is 21.8. The molecule has 0 bridgehead atoms. The molecule has 3 N–H and O–H groups in total. The lowest BCUT2D eigenvalue weighted by Crippen LogP contribution is -2.40. The van der Waals surface area contributed by atoms with E-state index in [-0.39, 0.29) is 11.4 Å². The Labute approximate surface area is 225 Å². The van der Waals surface area contributed by atoms with E-state index in [0.717, 1.165) is 37.2 Å². The van der Waals surface area contributed by atoms with Crippen LogP contribution >= 0.6 is 0 Å². The Kier molecular flexibility index (Phi) is 6.76. The van der Waals surface area contributed by atoms with Gasteiger partial charge in [-0.1, -0.05) is 6.07 Å². The van der Waals surface area contributed by atoms with E-state index in [0.29, 0.717) is 29.8 Å². The second kappa shape index (κ2) is 11.5. The summed E-state index contributed by atoms with van der Waals surface area (Å²) in [5.41, 5.74) is 0.277. The van der Waals surface area contributed by atoms with Gasteiger partial charge >= 0.3 is 0 Å². The van der Waals surface area contributed by atoms with Crippen LogP contribution < -0.4 is 20.1 Å². The molecule has 9 nitrogen and oxygen atoms in total. The van der Waals surface area contributed by atoms with Gasteiger partial charge in [0, 0.05) is 40.7 Å². The number of nitrogens with zero attached hydrogens (tertiary/aromatic N) is 3. The Balaban J connectivity index is 1.41. The Morgan fingerprint density at radius 1 is 1.11 bits per heavy atom. The highest BCUT2D eigenvalue weighted by molar-refractivity contribution is 7.89.